The van der Waals surface area contributed by atoms with E-state index in [9.17, 15) is 9.90 Å². The molecule has 1 heterocycles. The Morgan fingerprint density at radius 2 is 1.88 bits per heavy atom. The molecule has 0 bridgehead atoms. The molecule has 0 aliphatic rings. The zero-order valence-electron chi connectivity index (χ0n) is 14.2. The number of rotatable bonds is 5. The van der Waals surface area contributed by atoms with Gasteiger partial charge in [0.1, 0.15) is 0 Å². The molecule has 3 rings (SSSR count). The second-order valence-electron chi connectivity index (χ2n) is 5.49. The largest absolute Gasteiger partial charge is 0.493 e. The summed E-state index contributed by atoms with van der Waals surface area (Å²) in [6.45, 7) is 0. The predicted octanol–water partition coefficient (Wildman–Crippen LogP) is 4.77. The Bertz CT molecular complexity index is 1010. The van der Waals surface area contributed by atoms with Crippen molar-refractivity contribution in [1.82, 2.24) is 4.98 Å². The van der Waals surface area contributed by atoms with Crippen LogP contribution in [0.25, 0.3) is 23.1 Å². The number of benzene rings is 2. The van der Waals surface area contributed by atoms with E-state index in [4.69, 9.17) is 21.1 Å². The van der Waals surface area contributed by atoms with E-state index in [2.05, 4.69) is 4.98 Å². The molecule has 0 radical (unpaired) electrons. The fraction of sp³-hybridized carbons (Fsp3) is 0.100. The lowest BCUT2D eigenvalue weighted by molar-refractivity contribution is 0.0699. The molecule has 2 aromatic carbocycles. The van der Waals surface area contributed by atoms with Crippen molar-refractivity contribution >= 4 is 40.6 Å². The highest BCUT2D eigenvalue weighted by Crippen LogP contribution is 2.36. The van der Waals surface area contributed by atoms with Gasteiger partial charge in [0.05, 0.1) is 36.0 Å². The van der Waals surface area contributed by atoms with Gasteiger partial charge in [0.2, 0.25) is 0 Å². The van der Waals surface area contributed by atoms with Gasteiger partial charge in [-0.2, -0.15) is 0 Å². The number of para-hydroxylation sites is 1. The van der Waals surface area contributed by atoms with Crippen molar-refractivity contribution in [1.29, 1.82) is 0 Å². The van der Waals surface area contributed by atoms with Crippen LogP contribution in [0.3, 0.4) is 0 Å². The third kappa shape index (κ3) is 3.48. The number of carboxylic acids is 1. The number of pyridine rings is 1. The summed E-state index contributed by atoms with van der Waals surface area (Å²) in [4.78, 5) is 16.0. The van der Waals surface area contributed by atoms with Crippen LogP contribution in [-0.4, -0.2) is 30.3 Å². The van der Waals surface area contributed by atoms with E-state index < -0.39 is 5.97 Å². The molecule has 0 aliphatic heterocycles. The molecule has 1 aromatic heterocycles. The number of nitrogens with zero attached hydrogens (tertiary/aromatic N) is 1. The maximum atomic E-state index is 11.5. The predicted molar refractivity (Wildman–Crippen MR) is 102 cm³/mol. The normalized spacial score (nSPS) is 11.0. The maximum absolute atomic E-state index is 11.5. The molecular weight excluding hydrogens is 354 g/mol. The molecular formula is C20H16ClNO4. The SMILES string of the molecule is COc1cc(/C=C/c2cc(C(=O)O)c3ccccc3n2)cc(Cl)c1OC. The topological polar surface area (TPSA) is 68.7 Å². The Labute approximate surface area is 155 Å². The second kappa shape index (κ2) is 7.45. The third-order valence-corrected chi connectivity index (χ3v) is 4.15. The van der Waals surface area contributed by atoms with E-state index in [-0.39, 0.29) is 5.56 Å². The molecule has 26 heavy (non-hydrogen) atoms. The first-order valence-electron chi connectivity index (χ1n) is 7.76. The zero-order valence-corrected chi connectivity index (χ0v) is 14.9. The summed E-state index contributed by atoms with van der Waals surface area (Å²) in [6.07, 6.45) is 3.52. The minimum Gasteiger partial charge on any atom is -0.493 e. The number of carboxylic acid groups (broad SMARTS) is 1. The number of hydrogen-bond donors (Lipinski definition) is 1. The highest BCUT2D eigenvalue weighted by molar-refractivity contribution is 6.32. The van der Waals surface area contributed by atoms with Gasteiger partial charge < -0.3 is 14.6 Å². The van der Waals surface area contributed by atoms with Crippen molar-refractivity contribution in [3.05, 3.63) is 64.3 Å². The van der Waals surface area contributed by atoms with Gasteiger partial charge in [0.25, 0.3) is 0 Å². The Hall–Kier alpha value is -3.05. The Morgan fingerprint density at radius 3 is 2.58 bits per heavy atom. The summed E-state index contributed by atoms with van der Waals surface area (Å²) >= 11 is 6.21. The van der Waals surface area contributed by atoms with Gasteiger partial charge in [-0.15, -0.1) is 0 Å². The highest BCUT2D eigenvalue weighted by atomic mass is 35.5. The molecule has 0 unspecified atom stereocenters. The Morgan fingerprint density at radius 1 is 1.12 bits per heavy atom. The molecule has 3 aromatic rings. The van der Waals surface area contributed by atoms with Gasteiger partial charge in [-0.25, -0.2) is 9.78 Å². The molecule has 0 amide bonds. The van der Waals surface area contributed by atoms with Gasteiger partial charge in [-0.05, 0) is 35.9 Å². The summed E-state index contributed by atoms with van der Waals surface area (Å²) in [5.41, 5.74) is 2.14. The van der Waals surface area contributed by atoms with E-state index >= 15 is 0 Å². The lowest BCUT2D eigenvalue weighted by Crippen LogP contribution is -2.00. The average molecular weight is 370 g/mol. The maximum Gasteiger partial charge on any atom is 0.336 e. The first-order valence-corrected chi connectivity index (χ1v) is 8.14. The molecule has 0 aliphatic carbocycles. The zero-order chi connectivity index (χ0) is 18.7. The smallest absolute Gasteiger partial charge is 0.336 e. The van der Waals surface area contributed by atoms with Crippen LogP contribution < -0.4 is 9.47 Å². The first kappa shape index (κ1) is 17.8. The molecule has 0 saturated heterocycles. The minimum atomic E-state index is -0.993. The van der Waals surface area contributed by atoms with Crippen molar-refractivity contribution in [2.75, 3.05) is 14.2 Å². The molecule has 1 N–H and O–H groups in total. The van der Waals surface area contributed by atoms with E-state index in [0.29, 0.717) is 33.1 Å². The number of aromatic carboxylic acids is 1. The number of halogens is 1. The number of hydrogen-bond acceptors (Lipinski definition) is 4. The van der Waals surface area contributed by atoms with Gasteiger partial charge in [-0.3, -0.25) is 0 Å². The Kier molecular flexibility index (Phi) is 5.09. The molecule has 0 saturated carbocycles. The summed E-state index contributed by atoms with van der Waals surface area (Å²) in [7, 11) is 3.05. The fourth-order valence-corrected chi connectivity index (χ4v) is 2.97. The Balaban J connectivity index is 2.04. The molecule has 0 atom stereocenters. The van der Waals surface area contributed by atoms with Crippen molar-refractivity contribution < 1.29 is 19.4 Å². The average Bonchev–Trinajstić information content (AvgIpc) is 2.64. The van der Waals surface area contributed by atoms with Crippen molar-refractivity contribution in [3.63, 3.8) is 0 Å². The molecule has 132 valence electrons. The van der Waals surface area contributed by atoms with Crippen LogP contribution in [0.4, 0.5) is 0 Å². The van der Waals surface area contributed by atoms with Crippen LogP contribution in [0.5, 0.6) is 11.5 Å². The minimum absolute atomic E-state index is 0.209. The third-order valence-electron chi connectivity index (χ3n) is 3.87. The van der Waals surface area contributed by atoms with E-state index in [1.165, 1.54) is 14.2 Å². The van der Waals surface area contributed by atoms with Crippen LogP contribution in [0.1, 0.15) is 21.6 Å². The second-order valence-corrected chi connectivity index (χ2v) is 5.90. The van der Waals surface area contributed by atoms with Gasteiger partial charge in [-0.1, -0.05) is 35.9 Å². The number of ether oxygens (including phenoxy) is 2. The van der Waals surface area contributed by atoms with Crippen molar-refractivity contribution in [3.8, 4) is 11.5 Å². The van der Waals surface area contributed by atoms with Crippen molar-refractivity contribution in [2.24, 2.45) is 0 Å². The van der Waals surface area contributed by atoms with Crippen LogP contribution >= 0.6 is 11.6 Å². The van der Waals surface area contributed by atoms with Gasteiger partial charge in [0, 0.05) is 5.39 Å². The number of fused-ring (bicyclic) bond motifs is 1. The van der Waals surface area contributed by atoms with Crippen molar-refractivity contribution in [2.45, 2.75) is 0 Å². The lowest BCUT2D eigenvalue weighted by Gasteiger charge is -2.10. The number of aromatic nitrogens is 1. The van der Waals surface area contributed by atoms with Crippen LogP contribution in [0.2, 0.25) is 5.02 Å². The van der Waals surface area contributed by atoms with Crippen LogP contribution in [0.15, 0.2) is 42.5 Å². The number of carbonyl (C=O) groups is 1. The van der Waals surface area contributed by atoms with Gasteiger partial charge in [0.15, 0.2) is 11.5 Å². The molecule has 0 spiro atoms. The molecule has 0 fully saturated rings. The van der Waals surface area contributed by atoms with E-state index in [0.717, 1.165) is 5.56 Å². The molecule has 5 nitrogen and oxygen atoms in total. The number of methoxy groups -OCH3 is 2. The summed E-state index contributed by atoms with van der Waals surface area (Å²) in [5, 5.41) is 10.5. The summed E-state index contributed by atoms with van der Waals surface area (Å²) in [6, 6.07) is 12.2. The summed E-state index contributed by atoms with van der Waals surface area (Å²) < 4.78 is 10.5. The van der Waals surface area contributed by atoms with E-state index in [1.807, 2.05) is 6.07 Å². The summed E-state index contributed by atoms with van der Waals surface area (Å²) in [5.74, 6) is -0.0203. The van der Waals surface area contributed by atoms with Gasteiger partial charge >= 0.3 is 5.97 Å². The highest BCUT2D eigenvalue weighted by Gasteiger charge is 2.11. The monoisotopic (exact) mass is 369 g/mol. The first-order chi connectivity index (χ1) is 12.5. The van der Waals surface area contributed by atoms with Crippen LogP contribution in [0, 0.1) is 0 Å². The van der Waals surface area contributed by atoms with E-state index in [1.54, 1.807) is 48.6 Å². The molecule has 6 heteroatoms. The fourth-order valence-electron chi connectivity index (χ4n) is 2.67. The quantitative estimate of drug-likeness (QED) is 0.701. The standard InChI is InChI=1S/C20H16ClNO4/c1-25-18-10-12(9-16(21)19(18)26-2)7-8-13-11-15(20(23)24)14-5-3-4-6-17(14)22-13/h3-11H,1-2H3,(H,23,24)/b8-7+. The van der Waals surface area contributed by atoms with Crippen LogP contribution in [-0.2, 0) is 0 Å². The lowest BCUT2D eigenvalue weighted by atomic mass is 10.1.